The summed E-state index contributed by atoms with van der Waals surface area (Å²) in [5, 5.41) is 3.47. The van der Waals surface area contributed by atoms with Gasteiger partial charge in [0, 0.05) is 26.2 Å². The Kier molecular flexibility index (Phi) is 6.91. The SMILES string of the molecule is COc1ccc(CNCCN(C)Cc2ccc(OC)cc2)cc1. The van der Waals surface area contributed by atoms with Crippen molar-refractivity contribution in [1.82, 2.24) is 10.2 Å². The maximum atomic E-state index is 5.18. The minimum atomic E-state index is 0.875. The molecule has 0 aliphatic rings. The summed E-state index contributed by atoms with van der Waals surface area (Å²) >= 11 is 0. The first-order valence-corrected chi connectivity index (χ1v) is 7.86. The van der Waals surface area contributed by atoms with E-state index < -0.39 is 0 Å². The molecule has 0 bridgehead atoms. The lowest BCUT2D eigenvalue weighted by molar-refractivity contribution is 0.324. The molecule has 0 amide bonds. The van der Waals surface area contributed by atoms with Gasteiger partial charge in [0.25, 0.3) is 0 Å². The van der Waals surface area contributed by atoms with Gasteiger partial charge in [-0.25, -0.2) is 0 Å². The normalized spacial score (nSPS) is 10.8. The van der Waals surface area contributed by atoms with Crippen LogP contribution in [0.25, 0.3) is 0 Å². The largest absolute Gasteiger partial charge is 0.497 e. The van der Waals surface area contributed by atoms with Crippen molar-refractivity contribution in [2.45, 2.75) is 13.1 Å². The van der Waals surface area contributed by atoms with Crippen molar-refractivity contribution in [3.8, 4) is 11.5 Å². The van der Waals surface area contributed by atoms with Crippen molar-refractivity contribution in [1.29, 1.82) is 0 Å². The van der Waals surface area contributed by atoms with Gasteiger partial charge in [0.15, 0.2) is 0 Å². The molecule has 124 valence electrons. The number of hydrogen-bond acceptors (Lipinski definition) is 4. The van der Waals surface area contributed by atoms with Crippen LogP contribution in [0.15, 0.2) is 48.5 Å². The van der Waals surface area contributed by atoms with Crippen molar-refractivity contribution in [3.05, 3.63) is 59.7 Å². The number of hydrogen-bond donors (Lipinski definition) is 1. The molecule has 0 aromatic heterocycles. The number of nitrogens with zero attached hydrogens (tertiary/aromatic N) is 1. The van der Waals surface area contributed by atoms with Crippen LogP contribution in [0.3, 0.4) is 0 Å². The molecule has 0 radical (unpaired) electrons. The molecule has 2 rings (SSSR count). The lowest BCUT2D eigenvalue weighted by Crippen LogP contribution is -2.28. The predicted octanol–water partition coefficient (Wildman–Crippen LogP) is 2.93. The van der Waals surface area contributed by atoms with Crippen molar-refractivity contribution in [2.24, 2.45) is 0 Å². The van der Waals surface area contributed by atoms with Gasteiger partial charge in [-0.1, -0.05) is 24.3 Å². The zero-order valence-corrected chi connectivity index (χ0v) is 14.2. The summed E-state index contributed by atoms with van der Waals surface area (Å²) in [5.41, 5.74) is 2.56. The van der Waals surface area contributed by atoms with Crippen molar-refractivity contribution in [3.63, 3.8) is 0 Å². The molecule has 23 heavy (non-hydrogen) atoms. The van der Waals surface area contributed by atoms with Gasteiger partial charge in [0.05, 0.1) is 14.2 Å². The maximum absolute atomic E-state index is 5.18. The molecule has 0 saturated heterocycles. The molecule has 2 aromatic carbocycles. The average Bonchev–Trinajstić information content (AvgIpc) is 2.60. The minimum absolute atomic E-state index is 0.875. The van der Waals surface area contributed by atoms with Gasteiger partial charge >= 0.3 is 0 Å². The van der Waals surface area contributed by atoms with E-state index in [9.17, 15) is 0 Å². The highest BCUT2D eigenvalue weighted by molar-refractivity contribution is 5.27. The van der Waals surface area contributed by atoms with Crippen molar-refractivity contribution >= 4 is 0 Å². The van der Waals surface area contributed by atoms with Crippen molar-refractivity contribution < 1.29 is 9.47 Å². The first-order valence-electron chi connectivity index (χ1n) is 7.86. The number of nitrogens with one attached hydrogen (secondary N) is 1. The van der Waals surface area contributed by atoms with E-state index in [-0.39, 0.29) is 0 Å². The molecule has 2 aromatic rings. The molecular formula is C19H26N2O2. The van der Waals surface area contributed by atoms with Crippen LogP contribution in [0.5, 0.6) is 11.5 Å². The predicted molar refractivity (Wildman–Crippen MR) is 94.0 cm³/mol. The molecular weight excluding hydrogens is 288 g/mol. The average molecular weight is 314 g/mol. The lowest BCUT2D eigenvalue weighted by Gasteiger charge is -2.17. The molecule has 0 aliphatic heterocycles. The second-order valence-corrected chi connectivity index (χ2v) is 5.61. The maximum Gasteiger partial charge on any atom is 0.118 e. The van der Waals surface area contributed by atoms with Crippen LogP contribution in [0, 0.1) is 0 Å². The first-order chi connectivity index (χ1) is 11.2. The Hall–Kier alpha value is -2.04. The Labute approximate surface area is 139 Å². The molecule has 0 unspecified atom stereocenters. The van der Waals surface area contributed by atoms with E-state index in [0.29, 0.717) is 0 Å². The van der Waals surface area contributed by atoms with Crippen LogP contribution in [-0.2, 0) is 13.1 Å². The lowest BCUT2D eigenvalue weighted by atomic mass is 10.2. The summed E-state index contributed by atoms with van der Waals surface area (Å²) < 4.78 is 10.3. The fourth-order valence-electron chi connectivity index (χ4n) is 2.37. The molecule has 4 heteroatoms. The summed E-state index contributed by atoms with van der Waals surface area (Å²) in [6.07, 6.45) is 0. The summed E-state index contributed by atoms with van der Waals surface area (Å²) in [7, 11) is 5.51. The molecule has 0 spiro atoms. The summed E-state index contributed by atoms with van der Waals surface area (Å²) in [5.74, 6) is 1.80. The Morgan fingerprint density at radius 1 is 0.826 bits per heavy atom. The van der Waals surface area contributed by atoms with Crippen LogP contribution < -0.4 is 14.8 Å². The first kappa shape index (κ1) is 17.3. The topological polar surface area (TPSA) is 33.7 Å². The van der Waals surface area contributed by atoms with E-state index in [1.165, 1.54) is 11.1 Å². The third-order valence-corrected chi connectivity index (χ3v) is 3.77. The number of ether oxygens (including phenoxy) is 2. The summed E-state index contributed by atoms with van der Waals surface area (Å²) in [4.78, 5) is 2.31. The van der Waals surface area contributed by atoms with Gasteiger partial charge in [0.1, 0.15) is 11.5 Å². The molecule has 0 saturated carbocycles. The Balaban J connectivity index is 1.66. The van der Waals surface area contributed by atoms with Gasteiger partial charge in [-0.3, -0.25) is 0 Å². The molecule has 1 N–H and O–H groups in total. The zero-order valence-electron chi connectivity index (χ0n) is 14.2. The smallest absolute Gasteiger partial charge is 0.118 e. The van der Waals surface area contributed by atoms with Crippen LogP contribution in [0.4, 0.5) is 0 Å². The van der Waals surface area contributed by atoms with Crippen LogP contribution in [-0.4, -0.2) is 39.3 Å². The summed E-state index contributed by atoms with van der Waals surface area (Å²) in [6, 6.07) is 16.4. The van der Waals surface area contributed by atoms with Crippen LogP contribution in [0.1, 0.15) is 11.1 Å². The minimum Gasteiger partial charge on any atom is -0.497 e. The third kappa shape index (κ3) is 5.93. The molecule has 0 heterocycles. The van der Waals surface area contributed by atoms with Gasteiger partial charge in [0.2, 0.25) is 0 Å². The Morgan fingerprint density at radius 3 is 1.87 bits per heavy atom. The second kappa shape index (κ2) is 9.18. The zero-order chi connectivity index (χ0) is 16.5. The highest BCUT2D eigenvalue weighted by atomic mass is 16.5. The van der Waals surface area contributed by atoms with E-state index in [0.717, 1.165) is 37.7 Å². The highest BCUT2D eigenvalue weighted by Crippen LogP contribution is 2.12. The van der Waals surface area contributed by atoms with E-state index in [4.69, 9.17) is 9.47 Å². The monoisotopic (exact) mass is 314 g/mol. The van der Waals surface area contributed by atoms with Gasteiger partial charge in [-0.15, -0.1) is 0 Å². The quantitative estimate of drug-likeness (QED) is 0.722. The third-order valence-electron chi connectivity index (χ3n) is 3.77. The van der Waals surface area contributed by atoms with E-state index in [1.54, 1.807) is 14.2 Å². The standard InChI is InChI=1S/C19H26N2O2/c1-21(15-17-6-10-19(23-3)11-7-17)13-12-20-14-16-4-8-18(22-2)9-5-16/h4-11,20H,12-15H2,1-3H3. The van der Waals surface area contributed by atoms with Gasteiger partial charge in [-0.05, 0) is 42.4 Å². The van der Waals surface area contributed by atoms with E-state index >= 15 is 0 Å². The number of benzene rings is 2. The Morgan fingerprint density at radius 2 is 1.35 bits per heavy atom. The molecule has 0 fully saturated rings. The molecule has 0 atom stereocenters. The molecule has 0 aliphatic carbocycles. The highest BCUT2D eigenvalue weighted by Gasteiger charge is 2.01. The van der Waals surface area contributed by atoms with Gasteiger partial charge < -0.3 is 19.7 Å². The molecule has 4 nitrogen and oxygen atoms in total. The van der Waals surface area contributed by atoms with E-state index in [2.05, 4.69) is 41.5 Å². The second-order valence-electron chi connectivity index (χ2n) is 5.61. The van der Waals surface area contributed by atoms with Crippen molar-refractivity contribution in [2.75, 3.05) is 34.4 Å². The fourth-order valence-corrected chi connectivity index (χ4v) is 2.37. The number of likely N-dealkylation sites (N-methyl/N-ethyl adjacent to an activating group) is 1. The van der Waals surface area contributed by atoms with Gasteiger partial charge in [-0.2, -0.15) is 0 Å². The fraction of sp³-hybridized carbons (Fsp3) is 0.368. The van der Waals surface area contributed by atoms with Crippen LogP contribution in [0.2, 0.25) is 0 Å². The van der Waals surface area contributed by atoms with Crippen LogP contribution >= 0.6 is 0 Å². The van der Waals surface area contributed by atoms with E-state index in [1.807, 2.05) is 24.3 Å². The number of methoxy groups -OCH3 is 2. The Bertz CT molecular complexity index is 567. The summed E-state index contributed by atoms with van der Waals surface area (Å²) in [6.45, 7) is 3.77. The number of rotatable bonds is 9.